The summed E-state index contributed by atoms with van der Waals surface area (Å²) in [6, 6.07) is 19.2. The van der Waals surface area contributed by atoms with Crippen LogP contribution in [0.4, 0.5) is 26.3 Å². The second-order valence-electron chi connectivity index (χ2n) is 14.2. The molecule has 23 heteroatoms. The van der Waals surface area contributed by atoms with Gasteiger partial charge in [-0.05, 0) is 53.3 Å². The van der Waals surface area contributed by atoms with Gasteiger partial charge in [0.2, 0.25) is 6.49 Å². The lowest BCUT2D eigenvalue weighted by Crippen LogP contribution is -2.24. The predicted molar refractivity (Wildman–Crippen MR) is 233 cm³/mol. The summed E-state index contributed by atoms with van der Waals surface area (Å²) in [7, 11) is 0. The summed E-state index contributed by atoms with van der Waals surface area (Å²) in [4.78, 5) is 35.4. The molecule has 4 aromatic rings. The third-order valence-electron chi connectivity index (χ3n) is 7.97. The average Bonchev–Trinajstić information content (AvgIpc) is 3.82. The number of aliphatic hydroxyl groups is 1. The van der Waals surface area contributed by atoms with Gasteiger partial charge < -0.3 is 28.2 Å². The number of thiazole rings is 2. The highest BCUT2D eigenvalue weighted by Crippen LogP contribution is 2.54. The molecule has 0 amide bonds. The van der Waals surface area contributed by atoms with Crippen molar-refractivity contribution in [3.8, 4) is 21.1 Å². The number of carbonyl (C=O) groups excluding carboxylic acids is 2. The van der Waals surface area contributed by atoms with Crippen LogP contribution in [0.25, 0.3) is 32.3 Å². The van der Waals surface area contributed by atoms with E-state index in [2.05, 4.69) is 26.3 Å². The van der Waals surface area contributed by atoms with Crippen LogP contribution in [0.5, 0.6) is 0 Å². The second-order valence-corrected chi connectivity index (χ2v) is 27.0. The molecule has 0 aliphatic carbocycles. The number of carbonyl (C=O) groups is 2. The molecule has 1 N–H and O–H groups in total. The van der Waals surface area contributed by atoms with Crippen LogP contribution in [0, 0.1) is 13.8 Å². The first-order chi connectivity index (χ1) is 27.9. The number of hydrogen-bond donors (Lipinski definition) is 1. The number of halogens is 7. The minimum absolute atomic E-state index is 0.0357. The molecule has 2 atom stereocenters. The number of cyclic esters (lactones) is 2. The molecule has 0 fully saturated rings. The quantitative estimate of drug-likeness (QED) is 0.0923. The molecule has 2 aromatic carbocycles. The van der Waals surface area contributed by atoms with Gasteiger partial charge in [-0.25, -0.2) is 19.6 Å². The number of rotatable bonds is 10. The van der Waals surface area contributed by atoms with Crippen molar-refractivity contribution in [2.75, 3.05) is 26.5 Å². The normalized spacial score (nSPS) is 18.0. The lowest BCUT2D eigenvalue weighted by atomic mass is 10.0. The highest BCUT2D eigenvalue weighted by atomic mass is 35.7. The van der Waals surface area contributed by atoms with E-state index >= 15 is 0 Å². The standard InChI is InChI=1S/C19H19F3NO4PS2.C16H15NO3S.C3H5ClF3OPS/c1-11-14(23-16(30-11)12-8-6-5-7-9-12)13-15(18(2,3)26-17(13)24)27-28(4,29)25-10-19(20,21)22;1-9-12(11-13(18)16(2,3)20-15(11)19)17-14(21-9)10-7-5-4-6-8-10;1-9(4,10)8-2-3(5,6)7/h5-9H,10H2,1-4H3;4-8,18H,1-3H3;2H2,1H3. The van der Waals surface area contributed by atoms with E-state index in [-0.39, 0.29) is 22.7 Å². The van der Waals surface area contributed by atoms with Crippen LogP contribution >= 0.6 is 46.0 Å². The van der Waals surface area contributed by atoms with Gasteiger partial charge in [0.25, 0.3) is 0 Å². The number of alkyl halides is 6. The first kappa shape index (κ1) is 50.5. The summed E-state index contributed by atoms with van der Waals surface area (Å²) in [5.41, 5.74) is -1.93. The molecule has 6 rings (SSSR count). The Kier molecular flexibility index (Phi) is 15.9. The van der Waals surface area contributed by atoms with Crippen molar-refractivity contribution in [3.05, 3.63) is 93.3 Å². The van der Waals surface area contributed by atoms with Crippen molar-refractivity contribution >= 4 is 92.7 Å². The topological polar surface area (TPSA) is 126 Å². The third-order valence-corrected chi connectivity index (χ3v) is 12.9. The Morgan fingerprint density at radius 3 is 1.49 bits per heavy atom. The number of aliphatic hydroxyl groups excluding tert-OH is 1. The maximum absolute atomic E-state index is 12.7. The van der Waals surface area contributed by atoms with Gasteiger partial charge in [-0.15, -0.1) is 22.7 Å². The molecule has 0 saturated carbocycles. The first-order valence-corrected chi connectivity index (χ1v) is 26.4. The maximum Gasteiger partial charge on any atom is 0.412 e. The fourth-order valence-electron chi connectivity index (χ4n) is 5.26. The molecule has 2 aliphatic heterocycles. The molecule has 2 aliphatic rings. The fraction of sp³-hybridized carbons (Fsp3) is 0.368. The Bertz CT molecular complexity index is 2410. The highest BCUT2D eigenvalue weighted by molar-refractivity contribution is 8.24. The van der Waals surface area contributed by atoms with E-state index in [4.69, 9.17) is 41.6 Å². The van der Waals surface area contributed by atoms with Gasteiger partial charge in [0.15, 0.2) is 29.3 Å². The fourth-order valence-corrected chi connectivity index (χ4v) is 9.25. The summed E-state index contributed by atoms with van der Waals surface area (Å²) in [5, 5.41) is 11.8. The Morgan fingerprint density at radius 1 is 0.721 bits per heavy atom. The van der Waals surface area contributed by atoms with Gasteiger partial charge >= 0.3 is 24.3 Å². The van der Waals surface area contributed by atoms with Gasteiger partial charge in [0.05, 0.1) is 11.4 Å². The van der Waals surface area contributed by atoms with Crippen LogP contribution in [0.3, 0.4) is 0 Å². The number of aryl methyl sites for hydroxylation is 2. The average molecular weight is 991 g/mol. The zero-order chi connectivity index (χ0) is 45.9. The zero-order valence-electron chi connectivity index (χ0n) is 33.6. The molecule has 0 spiro atoms. The van der Waals surface area contributed by atoms with Crippen LogP contribution in [0.2, 0.25) is 0 Å². The van der Waals surface area contributed by atoms with E-state index < -0.39 is 60.8 Å². The molecule has 10 nitrogen and oxygen atoms in total. The Morgan fingerprint density at radius 2 is 1.11 bits per heavy atom. The monoisotopic (exact) mass is 990 g/mol. The van der Waals surface area contributed by atoms with Crippen molar-refractivity contribution in [1.29, 1.82) is 0 Å². The van der Waals surface area contributed by atoms with E-state index in [1.807, 2.05) is 67.6 Å². The largest absolute Gasteiger partial charge is 0.507 e. The number of hydrogen-bond acceptors (Lipinski definition) is 14. The van der Waals surface area contributed by atoms with E-state index in [1.54, 1.807) is 34.6 Å². The van der Waals surface area contributed by atoms with Crippen LogP contribution in [0.15, 0.2) is 72.2 Å². The molecule has 0 bridgehead atoms. The number of aromatic nitrogens is 2. The van der Waals surface area contributed by atoms with E-state index in [0.717, 1.165) is 25.9 Å². The van der Waals surface area contributed by atoms with Gasteiger partial charge in [-0.3, -0.25) is 0 Å². The summed E-state index contributed by atoms with van der Waals surface area (Å²) in [5.74, 6) is -1.21. The van der Waals surface area contributed by atoms with E-state index in [9.17, 15) is 41.0 Å². The van der Waals surface area contributed by atoms with Crippen molar-refractivity contribution in [1.82, 2.24) is 9.97 Å². The number of nitrogens with zero attached hydrogens (tertiary/aromatic N) is 2. The van der Waals surface area contributed by atoms with Crippen LogP contribution in [-0.2, 0) is 56.2 Å². The Hall–Kier alpha value is -3.19. The SMILES string of the molecule is CP(=S)(Cl)OCC(F)(F)F.Cc1sc(-c2ccccc2)nc1C1=C(O)C(C)(C)OC1=O.Cc1sc(-c2ccccc2)nc1C1=C(OP(C)(=S)OCC(F)(F)F)C(C)(C)OC1=O. The summed E-state index contributed by atoms with van der Waals surface area (Å²) < 4.78 is 97.1. The molecular weight excluding hydrogens is 952 g/mol. The minimum Gasteiger partial charge on any atom is -0.507 e. The van der Waals surface area contributed by atoms with Crippen LogP contribution < -0.4 is 0 Å². The number of ether oxygens (including phenoxy) is 2. The Balaban J connectivity index is 0.000000228. The van der Waals surface area contributed by atoms with Crippen molar-refractivity contribution in [3.63, 3.8) is 0 Å². The predicted octanol–water partition coefficient (Wildman–Crippen LogP) is 12.2. The molecule has 4 heterocycles. The first-order valence-electron chi connectivity index (χ1n) is 17.6. The molecular formula is C38H39ClF6N2O8P2S4. The minimum atomic E-state index is -4.55. The molecule has 61 heavy (non-hydrogen) atoms. The van der Waals surface area contributed by atoms with Crippen molar-refractivity contribution < 1.29 is 64.1 Å². The zero-order valence-corrected chi connectivity index (χ0v) is 39.4. The van der Waals surface area contributed by atoms with Gasteiger partial charge in [0.1, 0.15) is 33.4 Å². The van der Waals surface area contributed by atoms with Crippen molar-refractivity contribution in [2.24, 2.45) is 0 Å². The van der Waals surface area contributed by atoms with Gasteiger partial charge in [-0.2, -0.15) is 26.3 Å². The summed E-state index contributed by atoms with van der Waals surface area (Å²) in [6.45, 7) is 6.44. The third kappa shape index (κ3) is 14.2. The lowest BCUT2D eigenvalue weighted by Gasteiger charge is -2.26. The summed E-state index contributed by atoms with van der Waals surface area (Å²) >= 11 is 17.7. The summed E-state index contributed by atoms with van der Waals surface area (Å²) in [6.07, 6.45) is -8.89. The maximum atomic E-state index is 12.7. The lowest BCUT2D eigenvalue weighted by molar-refractivity contribution is -0.153. The molecule has 332 valence electrons. The second kappa shape index (κ2) is 19.3. The van der Waals surface area contributed by atoms with Crippen LogP contribution in [-0.4, -0.2) is 77.1 Å². The number of benzene rings is 2. The molecule has 2 aromatic heterocycles. The van der Waals surface area contributed by atoms with Gasteiger partial charge in [0, 0.05) is 34.2 Å². The van der Waals surface area contributed by atoms with E-state index in [0.29, 0.717) is 16.4 Å². The molecule has 0 saturated heterocycles. The number of esters is 2. The van der Waals surface area contributed by atoms with Gasteiger partial charge in [-0.1, -0.05) is 83.7 Å². The molecule has 0 radical (unpaired) electrons. The smallest absolute Gasteiger partial charge is 0.412 e. The highest BCUT2D eigenvalue weighted by Gasteiger charge is 2.47. The van der Waals surface area contributed by atoms with Crippen molar-refractivity contribution in [2.45, 2.75) is 65.1 Å². The molecule has 2 unspecified atom stereocenters. The Labute approximate surface area is 371 Å². The van der Waals surface area contributed by atoms with E-state index in [1.165, 1.54) is 36.0 Å². The van der Waals surface area contributed by atoms with Crippen LogP contribution in [0.1, 0.15) is 48.8 Å².